The molecule has 13 heavy (non-hydrogen) atoms. The van der Waals surface area contributed by atoms with Crippen molar-refractivity contribution in [2.45, 2.75) is 0 Å². The molecule has 1 aromatic heterocycles. The number of nitriles is 1. The molecule has 0 unspecified atom stereocenters. The van der Waals surface area contributed by atoms with Gasteiger partial charge in [0.05, 0.1) is 0 Å². The van der Waals surface area contributed by atoms with Crippen LogP contribution >= 0.6 is 0 Å². The van der Waals surface area contributed by atoms with Crippen LogP contribution in [0.4, 0.5) is 5.82 Å². The van der Waals surface area contributed by atoms with E-state index in [0.717, 1.165) is 6.07 Å². The first-order valence-electron chi connectivity index (χ1n) is 3.22. The summed E-state index contributed by atoms with van der Waals surface area (Å²) in [5.74, 6) is -1.54. The normalized spacial score (nSPS) is 9.15. The highest BCUT2D eigenvalue weighted by Crippen LogP contribution is 2.06. The highest BCUT2D eigenvalue weighted by Gasteiger charge is 2.11. The van der Waals surface area contributed by atoms with Crippen LogP contribution in [-0.4, -0.2) is 16.1 Å². The quantitative estimate of drug-likeness (QED) is 0.538. The Balaban J connectivity index is 3.51. The number of nitrogens with one attached hydrogen (secondary N) is 1. The van der Waals surface area contributed by atoms with E-state index in [2.05, 4.69) is 4.98 Å². The van der Waals surface area contributed by atoms with Crippen molar-refractivity contribution in [3.8, 4) is 6.07 Å². The number of anilines is 1. The summed E-state index contributed by atoms with van der Waals surface area (Å²) in [6.07, 6.45) is 0. The van der Waals surface area contributed by atoms with E-state index in [1.54, 1.807) is 6.07 Å². The fourth-order valence-electron chi connectivity index (χ4n) is 0.805. The van der Waals surface area contributed by atoms with Gasteiger partial charge in [0.1, 0.15) is 23.0 Å². The minimum absolute atomic E-state index is 0.253. The maximum absolute atomic E-state index is 10.9. The van der Waals surface area contributed by atoms with Crippen LogP contribution in [0.15, 0.2) is 10.9 Å². The Labute approximate surface area is 72.2 Å². The van der Waals surface area contributed by atoms with Crippen molar-refractivity contribution in [1.29, 1.82) is 5.26 Å². The summed E-state index contributed by atoms with van der Waals surface area (Å²) >= 11 is 0. The minimum atomic E-state index is -1.29. The van der Waals surface area contributed by atoms with Gasteiger partial charge in [-0.25, -0.2) is 4.79 Å². The van der Waals surface area contributed by atoms with Crippen LogP contribution in [0.25, 0.3) is 0 Å². The average Bonchev–Trinajstić information content (AvgIpc) is 2.03. The first kappa shape index (κ1) is 8.80. The van der Waals surface area contributed by atoms with Gasteiger partial charge in [0, 0.05) is 0 Å². The molecule has 4 N–H and O–H groups in total. The van der Waals surface area contributed by atoms with E-state index < -0.39 is 11.5 Å². The van der Waals surface area contributed by atoms with E-state index in [1.807, 2.05) is 0 Å². The largest absolute Gasteiger partial charge is 0.478 e. The molecule has 0 aliphatic carbocycles. The van der Waals surface area contributed by atoms with Crippen LogP contribution in [0.1, 0.15) is 15.9 Å². The third-order valence-electron chi connectivity index (χ3n) is 1.42. The molecule has 0 aliphatic rings. The molecule has 0 radical (unpaired) electrons. The third kappa shape index (κ3) is 1.49. The highest BCUT2D eigenvalue weighted by molar-refractivity contribution is 5.92. The van der Waals surface area contributed by atoms with Gasteiger partial charge in [0.15, 0.2) is 0 Å². The number of nitrogens with zero attached hydrogens (tertiary/aromatic N) is 1. The second-order valence-electron chi connectivity index (χ2n) is 2.26. The molecule has 0 saturated heterocycles. The Hall–Kier alpha value is -2.29. The molecule has 0 amide bonds. The maximum Gasteiger partial charge on any atom is 0.339 e. The molecule has 1 rings (SSSR count). The molecule has 6 nitrogen and oxygen atoms in total. The van der Waals surface area contributed by atoms with E-state index in [1.165, 1.54) is 0 Å². The first-order valence-corrected chi connectivity index (χ1v) is 3.22. The van der Waals surface area contributed by atoms with Gasteiger partial charge in [-0.15, -0.1) is 0 Å². The lowest BCUT2D eigenvalue weighted by Gasteiger charge is -1.98. The van der Waals surface area contributed by atoms with Crippen molar-refractivity contribution in [2.75, 3.05) is 5.73 Å². The van der Waals surface area contributed by atoms with Gasteiger partial charge >= 0.3 is 5.97 Å². The molecule has 1 aromatic rings. The predicted molar refractivity (Wildman–Crippen MR) is 43.1 cm³/mol. The lowest BCUT2D eigenvalue weighted by Crippen LogP contribution is -2.16. The Morgan fingerprint density at radius 3 is 2.77 bits per heavy atom. The molecule has 0 fully saturated rings. The molecule has 66 valence electrons. The molecule has 0 bridgehead atoms. The molecule has 6 heteroatoms. The zero-order valence-corrected chi connectivity index (χ0v) is 6.37. The van der Waals surface area contributed by atoms with Gasteiger partial charge in [-0.3, -0.25) is 4.79 Å². The van der Waals surface area contributed by atoms with E-state index in [4.69, 9.17) is 16.1 Å². The molecule has 0 atom stereocenters. The van der Waals surface area contributed by atoms with Crippen LogP contribution in [0.2, 0.25) is 0 Å². The summed E-state index contributed by atoms with van der Waals surface area (Å²) in [7, 11) is 0. The number of aromatic amines is 1. The molecular formula is C7H5N3O3. The van der Waals surface area contributed by atoms with E-state index in [9.17, 15) is 9.59 Å². The van der Waals surface area contributed by atoms with Crippen LogP contribution < -0.4 is 11.3 Å². The summed E-state index contributed by atoms with van der Waals surface area (Å²) in [6.45, 7) is 0. The van der Waals surface area contributed by atoms with E-state index >= 15 is 0 Å². The number of hydrogen-bond donors (Lipinski definition) is 3. The van der Waals surface area contributed by atoms with Crippen molar-refractivity contribution in [3.63, 3.8) is 0 Å². The predicted octanol–water partition coefficient (Wildman–Crippen LogP) is -0.473. The smallest absolute Gasteiger partial charge is 0.339 e. The third-order valence-corrected chi connectivity index (χ3v) is 1.42. The molecule has 0 spiro atoms. The van der Waals surface area contributed by atoms with Crippen molar-refractivity contribution in [1.82, 2.24) is 4.98 Å². The maximum atomic E-state index is 10.9. The molecular weight excluding hydrogens is 174 g/mol. The highest BCUT2D eigenvalue weighted by atomic mass is 16.4. The number of H-pyrrole nitrogens is 1. The number of carbonyl (C=O) groups is 1. The molecule has 1 heterocycles. The fourth-order valence-corrected chi connectivity index (χ4v) is 0.805. The van der Waals surface area contributed by atoms with Gasteiger partial charge in [-0.05, 0) is 6.07 Å². The van der Waals surface area contributed by atoms with Gasteiger partial charge in [0.25, 0.3) is 5.56 Å². The Morgan fingerprint density at radius 2 is 2.31 bits per heavy atom. The number of aromatic carboxylic acids is 1. The SMILES string of the molecule is N#Cc1cc(C(=O)O)c(N)[nH]c1=O. The zero-order valence-electron chi connectivity index (χ0n) is 6.37. The van der Waals surface area contributed by atoms with Crippen molar-refractivity contribution in [2.24, 2.45) is 0 Å². The standard InChI is InChI=1S/C7H5N3O3/c8-2-3-1-4(7(12)13)5(9)10-6(3)11/h1H,(H,12,13)(H3,9,10,11). The Morgan fingerprint density at radius 1 is 1.69 bits per heavy atom. The van der Waals surface area contributed by atoms with Gasteiger partial charge in [-0.2, -0.15) is 5.26 Å². The lowest BCUT2D eigenvalue weighted by molar-refractivity contribution is 0.0697. The number of pyridine rings is 1. The lowest BCUT2D eigenvalue weighted by atomic mass is 10.2. The number of aromatic nitrogens is 1. The number of hydrogen-bond acceptors (Lipinski definition) is 4. The second-order valence-corrected chi connectivity index (χ2v) is 2.26. The zero-order chi connectivity index (χ0) is 10.0. The van der Waals surface area contributed by atoms with Crippen LogP contribution in [0.5, 0.6) is 0 Å². The van der Waals surface area contributed by atoms with Gasteiger partial charge < -0.3 is 15.8 Å². The number of carboxylic acid groups (broad SMARTS) is 1. The summed E-state index contributed by atoms with van der Waals surface area (Å²) in [5, 5.41) is 17.0. The fraction of sp³-hybridized carbons (Fsp3) is 0. The summed E-state index contributed by atoms with van der Waals surface area (Å²) in [5.41, 5.74) is 3.96. The van der Waals surface area contributed by atoms with Crippen LogP contribution in [0, 0.1) is 11.3 Å². The van der Waals surface area contributed by atoms with Crippen molar-refractivity contribution >= 4 is 11.8 Å². The van der Waals surface area contributed by atoms with Crippen molar-refractivity contribution in [3.05, 3.63) is 27.5 Å². The number of rotatable bonds is 1. The summed E-state index contributed by atoms with van der Waals surface area (Å²) in [4.78, 5) is 23.4. The molecule has 0 aliphatic heterocycles. The van der Waals surface area contributed by atoms with Crippen LogP contribution in [-0.2, 0) is 0 Å². The number of nitrogens with two attached hydrogens (primary N) is 1. The number of carboxylic acids is 1. The van der Waals surface area contributed by atoms with E-state index in [0.29, 0.717) is 0 Å². The Kier molecular flexibility index (Phi) is 2.02. The topological polar surface area (TPSA) is 120 Å². The average molecular weight is 179 g/mol. The van der Waals surface area contributed by atoms with Crippen molar-refractivity contribution < 1.29 is 9.90 Å². The van der Waals surface area contributed by atoms with Gasteiger partial charge in [0.2, 0.25) is 0 Å². The van der Waals surface area contributed by atoms with Gasteiger partial charge in [-0.1, -0.05) is 0 Å². The second kappa shape index (κ2) is 2.98. The number of nitrogen functional groups attached to an aromatic ring is 1. The van der Waals surface area contributed by atoms with Crippen LogP contribution in [0.3, 0.4) is 0 Å². The summed E-state index contributed by atoms with van der Waals surface area (Å²) in [6, 6.07) is 2.50. The monoisotopic (exact) mass is 179 g/mol. The van der Waals surface area contributed by atoms with E-state index in [-0.39, 0.29) is 16.9 Å². The molecule has 0 saturated carbocycles. The summed E-state index contributed by atoms with van der Waals surface area (Å²) < 4.78 is 0. The molecule has 0 aromatic carbocycles. The first-order chi connectivity index (χ1) is 6.06. The Bertz CT molecular complexity index is 455. The minimum Gasteiger partial charge on any atom is -0.478 e.